The van der Waals surface area contributed by atoms with Crippen LogP contribution in [0.3, 0.4) is 0 Å². The van der Waals surface area contributed by atoms with Gasteiger partial charge in [0, 0.05) is 23.7 Å². The number of aromatic nitrogens is 3. The van der Waals surface area contributed by atoms with Gasteiger partial charge in [0.1, 0.15) is 23.3 Å². The summed E-state index contributed by atoms with van der Waals surface area (Å²) < 4.78 is 68.6. The molecule has 0 unspecified atom stereocenters. The van der Waals surface area contributed by atoms with Crippen LogP contribution >= 0.6 is 0 Å². The fourth-order valence-corrected chi connectivity index (χ4v) is 4.77. The van der Waals surface area contributed by atoms with Crippen LogP contribution in [-0.4, -0.2) is 62.9 Å². The van der Waals surface area contributed by atoms with Crippen LogP contribution in [0.1, 0.15) is 44.9 Å². The van der Waals surface area contributed by atoms with Crippen molar-refractivity contribution in [1.29, 1.82) is 0 Å². The SMILES string of the molecule is CC(C)(C)OC(=O)N1CC[C@@H](n2nc(-c3ccnc4c3[C@H](C(F)(F)F)OC(=O)N4)c3ccccc32)[C@@H](F)C1. The lowest BCUT2D eigenvalue weighted by Crippen LogP contribution is -2.47. The monoisotopic (exact) mass is 535 g/mol. The fraction of sp³-hybridized carbons (Fsp3) is 0.440. The van der Waals surface area contributed by atoms with Crippen LogP contribution in [0.4, 0.5) is 33.0 Å². The number of carbonyl (C=O) groups excluding carboxylic acids is 2. The zero-order valence-corrected chi connectivity index (χ0v) is 20.8. The van der Waals surface area contributed by atoms with Crippen molar-refractivity contribution >= 4 is 28.9 Å². The summed E-state index contributed by atoms with van der Waals surface area (Å²) in [5.41, 5.74) is -0.389. The Kier molecular flexibility index (Phi) is 6.19. The second-order valence-corrected chi connectivity index (χ2v) is 10.2. The van der Waals surface area contributed by atoms with Crippen molar-refractivity contribution < 1.29 is 36.6 Å². The molecule has 1 saturated heterocycles. The quantitative estimate of drug-likeness (QED) is 0.418. The minimum absolute atomic E-state index is 0.0499. The van der Waals surface area contributed by atoms with Gasteiger partial charge in [0.05, 0.1) is 23.7 Å². The van der Waals surface area contributed by atoms with Gasteiger partial charge in [0.25, 0.3) is 0 Å². The van der Waals surface area contributed by atoms with Gasteiger partial charge in [0.2, 0.25) is 6.10 Å². The van der Waals surface area contributed by atoms with Gasteiger partial charge in [-0.1, -0.05) is 18.2 Å². The van der Waals surface area contributed by atoms with Crippen LogP contribution in [0.15, 0.2) is 36.5 Å². The summed E-state index contributed by atoms with van der Waals surface area (Å²) in [4.78, 5) is 29.4. The number of rotatable bonds is 2. The minimum atomic E-state index is -4.90. The molecule has 0 radical (unpaired) electrons. The predicted molar refractivity (Wildman–Crippen MR) is 128 cm³/mol. The fourth-order valence-electron chi connectivity index (χ4n) is 4.77. The largest absolute Gasteiger partial charge is 0.444 e. The molecule has 202 valence electrons. The van der Waals surface area contributed by atoms with Crippen molar-refractivity contribution in [1.82, 2.24) is 19.7 Å². The second-order valence-electron chi connectivity index (χ2n) is 10.2. The molecule has 1 aromatic carbocycles. The summed E-state index contributed by atoms with van der Waals surface area (Å²) in [6, 6.07) is 7.37. The van der Waals surface area contributed by atoms with Gasteiger partial charge in [-0.15, -0.1) is 0 Å². The lowest BCUT2D eigenvalue weighted by molar-refractivity contribution is -0.206. The highest BCUT2D eigenvalue weighted by atomic mass is 19.4. The number of nitrogens with one attached hydrogen (secondary N) is 1. The maximum atomic E-state index is 15.5. The Labute approximate surface area is 214 Å². The first kappa shape index (κ1) is 25.7. The molecule has 1 fully saturated rings. The van der Waals surface area contributed by atoms with E-state index in [0.29, 0.717) is 10.9 Å². The number of alkyl halides is 4. The maximum absolute atomic E-state index is 15.5. The van der Waals surface area contributed by atoms with Crippen molar-refractivity contribution in [3.63, 3.8) is 0 Å². The summed E-state index contributed by atoms with van der Waals surface area (Å²) in [5.74, 6) is -0.284. The number of piperidine rings is 1. The summed E-state index contributed by atoms with van der Waals surface area (Å²) in [5, 5.41) is 7.28. The summed E-state index contributed by atoms with van der Waals surface area (Å²) in [6.07, 6.45) is -9.37. The van der Waals surface area contributed by atoms with Crippen molar-refractivity contribution in [2.24, 2.45) is 0 Å². The molecule has 38 heavy (non-hydrogen) atoms. The minimum Gasteiger partial charge on any atom is -0.444 e. The van der Waals surface area contributed by atoms with Crippen molar-refractivity contribution in [2.45, 2.75) is 57.3 Å². The summed E-state index contributed by atoms with van der Waals surface area (Å²) in [6.45, 7) is 5.16. The van der Waals surface area contributed by atoms with Crippen LogP contribution in [0, 0.1) is 0 Å². The van der Waals surface area contributed by atoms with Crippen LogP contribution in [0.25, 0.3) is 22.2 Å². The topological polar surface area (TPSA) is 98.6 Å². The van der Waals surface area contributed by atoms with E-state index in [1.165, 1.54) is 21.8 Å². The highest BCUT2D eigenvalue weighted by Crippen LogP contribution is 2.46. The number of ether oxygens (including phenoxy) is 2. The molecule has 2 aliphatic heterocycles. The van der Waals surface area contributed by atoms with E-state index in [2.05, 4.69) is 20.1 Å². The van der Waals surface area contributed by atoms with Gasteiger partial charge in [0.15, 0.2) is 0 Å². The van der Waals surface area contributed by atoms with E-state index in [1.54, 1.807) is 45.0 Å². The number of cyclic esters (lactones) is 1. The van der Waals surface area contributed by atoms with Crippen molar-refractivity contribution in [2.75, 3.05) is 18.4 Å². The van der Waals surface area contributed by atoms with Crippen molar-refractivity contribution in [3.05, 3.63) is 42.1 Å². The van der Waals surface area contributed by atoms with Crippen LogP contribution in [-0.2, 0) is 9.47 Å². The molecule has 3 aromatic rings. The Morgan fingerprint density at radius 3 is 2.61 bits per heavy atom. The molecule has 13 heteroatoms. The highest BCUT2D eigenvalue weighted by Gasteiger charge is 2.49. The first-order valence-electron chi connectivity index (χ1n) is 12.0. The standard InChI is InChI=1S/C25H25F4N5O4/c1-24(2,3)38-23(36)33-11-9-17(15(26)12-33)34-16-7-5-4-6-13(16)19(32-34)14-8-10-30-21-18(14)20(25(27,28)29)37-22(35)31-21/h4-8,10,15,17,20H,9,11-12H2,1-3H3,(H,30,31,35)/t15-,17+,20+/m0/s1. The highest BCUT2D eigenvalue weighted by molar-refractivity contribution is 5.97. The van der Waals surface area contributed by atoms with Gasteiger partial charge in [-0.05, 0) is 39.3 Å². The average Bonchev–Trinajstić information content (AvgIpc) is 3.20. The van der Waals surface area contributed by atoms with E-state index in [-0.39, 0.29) is 42.1 Å². The number of carbonyl (C=O) groups is 2. The number of nitrogens with zero attached hydrogens (tertiary/aromatic N) is 4. The van der Waals surface area contributed by atoms with Gasteiger partial charge in [-0.3, -0.25) is 10.00 Å². The number of amides is 2. The van der Waals surface area contributed by atoms with E-state index >= 15 is 4.39 Å². The van der Waals surface area contributed by atoms with E-state index in [1.807, 2.05) is 0 Å². The normalized spacial score (nSPS) is 22.0. The average molecular weight is 535 g/mol. The number of hydrogen-bond donors (Lipinski definition) is 1. The molecule has 3 atom stereocenters. The van der Waals surface area contributed by atoms with Gasteiger partial charge >= 0.3 is 18.4 Å². The van der Waals surface area contributed by atoms with E-state index in [9.17, 15) is 22.8 Å². The molecule has 2 aliphatic rings. The predicted octanol–water partition coefficient (Wildman–Crippen LogP) is 5.78. The summed E-state index contributed by atoms with van der Waals surface area (Å²) in [7, 11) is 0. The van der Waals surface area contributed by atoms with Crippen LogP contribution in [0.2, 0.25) is 0 Å². The molecule has 2 amide bonds. The molecular formula is C25H25F4N5O4. The molecule has 0 saturated carbocycles. The van der Waals surface area contributed by atoms with Gasteiger partial charge in [-0.25, -0.2) is 19.0 Å². The Morgan fingerprint density at radius 1 is 1.18 bits per heavy atom. The number of pyridine rings is 1. The Bertz CT molecular complexity index is 1400. The number of fused-ring (bicyclic) bond motifs is 2. The lowest BCUT2D eigenvalue weighted by atomic mass is 9.97. The Hall–Kier alpha value is -3.90. The number of halogens is 4. The number of likely N-dealkylation sites (tertiary alicyclic amines) is 1. The molecule has 1 N–H and O–H groups in total. The zero-order chi connectivity index (χ0) is 27.4. The second kappa shape index (κ2) is 9.14. The third kappa shape index (κ3) is 4.72. The van der Waals surface area contributed by atoms with Gasteiger partial charge in [-0.2, -0.15) is 18.3 Å². The smallest absolute Gasteiger partial charge is 0.430 e. The third-order valence-corrected chi connectivity index (χ3v) is 6.34. The van der Waals surface area contributed by atoms with Crippen LogP contribution in [0.5, 0.6) is 0 Å². The number of benzene rings is 1. The van der Waals surface area contributed by atoms with Crippen molar-refractivity contribution in [3.8, 4) is 11.3 Å². The zero-order valence-electron chi connectivity index (χ0n) is 20.8. The van der Waals surface area contributed by atoms with Crippen LogP contribution < -0.4 is 5.32 Å². The third-order valence-electron chi connectivity index (χ3n) is 6.34. The first-order valence-corrected chi connectivity index (χ1v) is 12.0. The number of anilines is 1. The molecule has 0 spiro atoms. The van der Waals surface area contributed by atoms with Gasteiger partial charge < -0.3 is 14.4 Å². The summed E-state index contributed by atoms with van der Waals surface area (Å²) >= 11 is 0. The van der Waals surface area contributed by atoms with E-state index in [4.69, 9.17) is 4.74 Å². The number of hydrogen-bond acceptors (Lipinski definition) is 6. The lowest BCUT2D eigenvalue weighted by Gasteiger charge is -2.35. The first-order chi connectivity index (χ1) is 17.8. The Morgan fingerprint density at radius 2 is 1.92 bits per heavy atom. The van der Waals surface area contributed by atoms with E-state index < -0.39 is 42.3 Å². The molecule has 4 heterocycles. The molecule has 5 rings (SSSR count). The van der Waals surface area contributed by atoms with E-state index in [0.717, 1.165) is 0 Å². The molecule has 0 bridgehead atoms. The molecule has 0 aliphatic carbocycles. The maximum Gasteiger partial charge on any atom is 0.430 e. The number of para-hydroxylation sites is 1. The molecule has 9 nitrogen and oxygen atoms in total. The molecular weight excluding hydrogens is 510 g/mol. The molecule has 2 aromatic heterocycles. The Balaban J connectivity index is 1.55.